The number of hydrogen-bond donors (Lipinski definition) is 2. The number of halogens is 3. The fourth-order valence-corrected chi connectivity index (χ4v) is 3.20. The number of alkyl halides is 3. The number of amides is 1. The smallest absolute Gasteiger partial charge is 0.356 e. The summed E-state index contributed by atoms with van der Waals surface area (Å²) in [6.07, 6.45) is 0.0266. The van der Waals surface area contributed by atoms with Crippen molar-refractivity contribution in [2.75, 3.05) is 13.1 Å². The van der Waals surface area contributed by atoms with Crippen LogP contribution in [0.2, 0.25) is 0 Å². The summed E-state index contributed by atoms with van der Waals surface area (Å²) in [6.45, 7) is 1.66. The quantitative estimate of drug-likeness (QED) is 0.836. The van der Waals surface area contributed by atoms with Gasteiger partial charge in [-0.2, -0.15) is 13.2 Å². The van der Waals surface area contributed by atoms with Gasteiger partial charge in [0, 0.05) is 18.5 Å². The van der Waals surface area contributed by atoms with Crippen LogP contribution >= 0.6 is 0 Å². The minimum Gasteiger partial charge on any atom is -0.356 e. The van der Waals surface area contributed by atoms with E-state index in [0.717, 1.165) is 19.4 Å². The van der Waals surface area contributed by atoms with Crippen molar-refractivity contribution in [1.82, 2.24) is 10.6 Å². The molecule has 6 heteroatoms. The zero-order valence-corrected chi connectivity index (χ0v) is 11.6. The van der Waals surface area contributed by atoms with Crippen LogP contribution in [0.15, 0.2) is 0 Å². The lowest BCUT2D eigenvalue weighted by atomic mass is 9.81. The maximum absolute atomic E-state index is 12.5. The van der Waals surface area contributed by atoms with Crippen molar-refractivity contribution in [3.63, 3.8) is 0 Å². The first-order valence-electron chi connectivity index (χ1n) is 7.54. The van der Waals surface area contributed by atoms with Gasteiger partial charge >= 0.3 is 6.18 Å². The van der Waals surface area contributed by atoms with Crippen LogP contribution in [0.1, 0.15) is 44.9 Å². The van der Waals surface area contributed by atoms with Gasteiger partial charge in [0.2, 0.25) is 5.91 Å². The molecule has 116 valence electrons. The van der Waals surface area contributed by atoms with Crippen LogP contribution < -0.4 is 10.6 Å². The van der Waals surface area contributed by atoms with Crippen molar-refractivity contribution < 1.29 is 18.0 Å². The minimum absolute atomic E-state index is 0.0661. The van der Waals surface area contributed by atoms with Gasteiger partial charge in [-0.05, 0) is 51.5 Å². The van der Waals surface area contributed by atoms with E-state index in [4.69, 9.17) is 0 Å². The van der Waals surface area contributed by atoms with E-state index in [-0.39, 0.29) is 24.7 Å². The molecule has 1 saturated carbocycles. The highest BCUT2D eigenvalue weighted by atomic mass is 19.4. The number of carbonyl (C=O) groups is 1. The van der Waals surface area contributed by atoms with Gasteiger partial charge in [-0.1, -0.05) is 0 Å². The van der Waals surface area contributed by atoms with Crippen LogP contribution in [-0.2, 0) is 4.79 Å². The molecule has 1 heterocycles. The van der Waals surface area contributed by atoms with Crippen LogP contribution in [0, 0.1) is 11.8 Å². The van der Waals surface area contributed by atoms with Gasteiger partial charge < -0.3 is 10.6 Å². The predicted octanol–water partition coefficient (Wildman–Crippen LogP) is 2.61. The van der Waals surface area contributed by atoms with E-state index in [0.29, 0.717) is 25.4 Å². The summed E-state index contributed by atoms with van der Waals surface area (Å²) in [5, 5.41) is 6.23. The maximum atomic E-state index is 12.5. The van der Waals surface area contributed by atoms with Crippen LogP contribution in [-0.4, -0.2) is 31.2 Å². The van der Waals surface area contributed by atoms with Crippen molar-refractivity contribution in [1.29, 1.82) is 0 Å². The van der Waals surface area contributed by atoms with Crippen LogP contribution in [0.4, 0.5) is 13.2 Å². The first kappa shape index (κ1) is 15.6. The van der Waals surface area contributed by atoms with Gasteiger partial charge in [0.25, 0.3) is 0 Å². The third-order valence-electron chi connectivity index (χ3n) is 4.52. The summed E-state index contributed by atoms with van der Waals surface area (Å²) in [7, 11) is 0. The fourth-order valence-electron chi connectivity index (χ4n) is 3.20. The Morgan fingerprint density at radius 1 is 1.15 bits per heavy atom. The van der Waals surface area contributed by atoms with E-state index < -0.39 is 12.1 Å². The average molecular weight is 292 g/mol. The predicted molar refractivity (Wildman–Crippen MR) is 70.2 cm³/mol. The first-order valence-corrected chi connectivity index (χ1v) is 7.54. The summed E-state index contributed by atoms with van der Waals surface area (Å²) in [4.78, 5) is 11.9. The second-order valence-corrected chi connectivity index (χ2v) is 5.96. The van der Waals surface area contributed by atoms with E-state index in [2.05, 4.69) is 10.6 Å². The Bertz CT molecular complexity index is 319. The molecule has 0 aromatic heterocycles. The number of rotatable bonds is 4. The molecule has 1 aliphatic heterocycles. The maximum Gasteiger partial charge on any atom is 0.391 e. The SMILES string of the molecule is O=C(NCCC1CCCN1)C1CCC(C(F)(F)F)CC1. The largest absolute Gasteiger partial charge is 0.391 e. The Kier molecular flexibility index (Phi) is 5.29. The van der Waals surface area contributed by atoms with Crippen molar-refractivity contribution in [2.24, 2.45) is 11.8 Å². The lowest BCUT2D eigenvalue weighted by molar-refractivity contribution is -0.184. The molecule has 20 heavy (non-hydrogen) atoms. The number of hydrogen-bond acceptors (Lipinski definition) is 2. The lowest BCUT2D eigenvalue weighted by Gasteiger charge is -2.29. The minimum atomic E-state index is -4.10. The topological polar surface area (TPSA) is 41.1 Å². The van der Waals surface area contributed by atoms with Crippen LogP contribution in [0.5, 0.6) is 0 Å². The Morgan fingerprint density at radius 2 is 1.85 bits per heavy atom. The summed E-state index contributed by atoms with van der Waals surface area (Å²) >= 11 is 0. The van der Waals surface area contributed by atoms with Crippen LogP contribution in [0.25, 0.3) is 0 Å². The second kappa shape index (κ2) is 6.78. The van der Waals surface area contributed by atoms with E-state index in [9.17, 15) is 18.0 Å². The van der Waals surface area contributed by atoms with Crippen LogP contribution in [0.3, 0.4) is 0 Å². The molecule has 0 spiro atoms. The molecule has 2 rings (SSSR count). The van der Waals surface area contributed by atoms with E-state index in [1.54, 1.807) is 0 Å². The molecule has 1 amide bonds. The Labute approximate surface area is 117 Å². The first-order chi connectivity index (χ1) is 9.47. The summed E-state index contributed by atoms with van der Waals surface area (Å²) < 4.78 is 37.6. The normalized spacial score (nSPS) is 31.2. The fraction of sp³-hybridized carbons (Fsp3) is 0.929. The molecular weight excluding hydrogens is 269 g/mol. The summed E-state index contributed by atoms with van der Waals surface area (Å²) in [6, 6.07) is 0.483. The molecule has 0 bridgehead atoms. The third kappa shape index (κ3) is 4.36. The van der Waals surface area contributed by atoms with Gasteiger partial charge in [-0.3, -0.25) is 4.79 Å². The van der Waals surface area contributed by atoms with Gasteiger partial charge in [0.1, 0.15) is 0 Å². The summed E-state index contributed by atoms with van der Waals surface area (Å²) in [5.41, 5.74) is 0. The highest BCUT2D eigenvalue weighted by Gasteiger charge is 2.42. The van der Waals surface area contributed by atoms with Gasteiger partial charge in [-0.25, -0.2) is 0 Å². The molecule has 2 fully saturated rings. The van der Waals surface area contributed by atoms with E-state index >= 15 is 0 Å². The molecule has 1 aliphatic carbocycles. The molecule has 3 nitrogen and oxygen atoms in total. The third-order valence-corrected chi connectivity index (χ3v) is 4.52. The number of carbonyl (C=O) groups excluding carboxylic acids is 1. The van der Waals surface area contributed by atoms with Crippen molar-refractivity contribution >= 4 is 5.91 Å². The molecule has 0 radical (unpaired) electrons. The molecule has 0 aromatic rings. The Morgan fingerprint density at radius 3 is 2.40 bits per heavy atom. The second-order valence-electron chi connectivity index (χ2n) is 5.96. The van der Waals surface area contributed by atoms with Gasteiger partial charge in [0.05, 0.1) is 5.92 Å². The molecule has 0 aromatic carbocycles. The van der Waals surface area contributed by atoms with Gasteiger partial charge in [0.15, 0.2) is 0 Å². The molecule has 1 atom stereocenters. The van der Waals surface area contributed by atoms with E-state index in [1.165, 1.54) is 6.42 Å². The zero-order chi connectivity index (χ0) is 14.6. The Balaban J connectivity index is 1.64. The Hall–Kier alpha value is -0.780. The number of nitrogens with one attached hydrogen (secondary N) is 2. The lowest BCUT2D eigenvalue weighted by Crippen LogP contribution is -2.37. The van der Waals surface area contributed by atoms with Crippen molar-refractivity contribution in [3.8, 4) is 0 Å². The average Bonchev–Trinajstić information content (AvgIpc) is 2.91. The van der Waals surface area contributed by atoms with Crippen molar-refractivity contribution in [2.45, 2.75) is 57.2 Å². The molecule has 1 saturated heterocycles. The molecule has 1 unspecified atom stereocenters. The zero-order valence-electron chi connectivity index (χ0n) is 11.6. The van der Waals surface area contributed by atoms with Crippen molar-refractivity contribution in [3.05, 3.63) is 0 Å². The standard InChI is InChI=1S/C14H23F3N2O/c15-14(16,17)11-5-3-10(4-6-11)13(20)19-9-7-12-2-1-8-18-12/h10-12,18H,1-9H2,(H,19,20). The summed E-state index contributed by atoms with van der Waals surface area (Å²) in [5.74, 6) is -1.51. The van der Waals surface area contributed by atoms with E-state index in [1.807, 2.05) is 0 Å². The van der Waals surface area contributed by atoms with Gasteiger partial charge in [-0.15, -0.1) is 0 Å². The highest BCUT2D eigenvalue weighted by Crippen LogP contribution is 2.39. The molecule has 2 aliphatic rings. The monoisotopic (exact) mass is 292 g/mol. The molecular formula is C14H23F3N2O. The molecule has 2 N–H and O–H groups in total. The highest BCUT2D eigenvalue weighted by molar-refractivity contribution is 5.78.